The molecule has 0 fully saturated rings. The number of carbonyl (C=O) groups is 1. The topological polar surface area (TPSA) is 55.4 Å². The third-order valence-corrected chi connectivity index (χ3v) is 4.71. The lowest BCUT2D eigenvalue weighted by atomic mass is 10.2. The van der Waals surface area contributed by atoms with Gasteiger partial charge in [-0.2, -0.15) is 0 Å². The highest BCUT2D eigenvalue weighted by molar-refractivity contribution is 7.84. The molecular formula is C16H16ClNO3S. The predicted octanol–water partition coefficient (Wildman–Crippen LogP) is 3.61. The molecule has 0 unspecified atom stereocenters. The Bertz CT molecular complexity index is 701. The molecule has 0 spiro atoms. The van der Waals surface area contributed by atoms with Crippen molar-refractivity contribution in [3.8, 4) is 5.75 Å². The van der Waals surface area contributed by atoms with Crippen LogP contribution in [0.25, 0.3) is 0 Å². The van der Waals surface area contributed by atoms with Crippen molar-refractivity contribution in [2.75, 3.05) is 12.4 Å². The van der Waals surface area contributed by atoms with E-state index in [4.69, 9.17) is 16.3 Å². The summed E-state index contributed by atoms with van der Waals surface area (Å²) in [6, 6.07) is 12.2. The summed E-state index contributed by atoms with van der Waals surface area (Å²) >= 11 is 6.16. The van der Waals surface area contributed by atoms with Crippen LogP contribution in [0.15, 0.2) is 47.4 Å². The van der Waals surface area contributed by atoms with E-state index >= 15 is 0 Å². The molecule has 22 heavy (non-hydrogen) atoms. The molecule has 0 saturated carbocycles. The van der Waals surface area contributed by atoms with Crippen LogP contribution < -0.4 is 10.1 Å². The van der Waals surface area contributed by atoms with Crippen LogP contribution in [0.5, 0.6) is 5.75 Å². The third-order valence-electron chi connectivity index (χ3n) is 2.98. The van der Waals surface area contributed by atoms with Gasteiger partial charge in [0.05, 0.1) is 23.7 Å². The van der Waals surface area contributed by atoms with E-state index in [1.807, 2.05) is 6.07 Å². The maximum Gasteiger partial charge on any atom is 0.221 e. The van der Waals surface area contributed by atoms with Crippen molar-refractivity contribution < 1.29 is 13.7 Å². The quantitative estimate of drug-likeness (QED) is 0.906. The van der Waals surface area contributed by atoms with Gasteiger partial charge in [0.2, 0.25) is 5.91 Å². The van der Waals surface area contributed by atoms with Gasteiger partial charge in [-0.25, -0.2) is 0 Å². The van der Waals surface area contributed by atoms with Crippen LogP contribution in [0.3, 0.4) is 0 Å². The number of carbonyl (C=O) groups excluding carboxylic acids is 1. The molecule has 0 radical (unpaired) electrons. The fourth-order valence-corrected chi connectivity index (χ4v) is 3.35. The standard InChI is InChI=1S/C16H16ClNO3S/c1-11(19)18-13-4-7-15(8-5-13)22(20)10-12-3-6-14(21-2)9-16(12)17/h3-9H,10H2,1-2H3,(H,18,19)/t22-/m0/s1. The van der Waals surface area contributed by atoms with E-state index in [1.54, 1.807) is 43.5 Å². The highest BCUT2D eigenvalue weighted by Crippen LogP contribution is 2.25. The molecule has 6 heteroatoms. The Morgan fingerprint density at radius 3 is 2.45 bits per heavy atom. The summed E-state index contributed by atoms with van der Waals surface area (Å²) < 4.78 is 17.5. The number of amides is 1. The molecule has 0 aliphatic carbocycles. The van der Waals surface area contributed by atoms with Crippen LogP contribution in [-0.4, -0.2) is 17.2 Å². The van der Waals surface area contributed by atoms with Crippen molar-refractivity contribution in [3.63, 3.8) is 0 Å². The summed E-state index contributed by atoms with van der Waals surface area (Å²) in [5.74, 6) is 0.848. The monoisotopic (exact) mass is 337 g/mol. The van der Waals surface area contributed by atoms with Crippen LogP contribution in [0.1, 0.15) is 12.5 Å². The Labute approximate surface area is 136 Å². The van der Waals surface area contributed by atoms with Crippen molar-refractivity contribution in [1.82, 2.24) is 0 Å². The molecule has 4 nitrogen and oxygen atoms in total. The van der Waals surface area contributed by atoms with Crippen molar-refractivity contribution in [1.29, 1.82) is 0 Å². The fraction of sp³-hybridized carbons (Fsp3) is 0.188. The Morgan fingerprint density at radius 1 is 1.23 bits per heavy atom. The predicted molar refractivity (Wildman–Crippen MR) is 88.9 cm³/mol. The summed E-state index contributed by atoms with van der Waals surface area (Å²) in [6.45, 7) is 1.44. The first-order valence-electron chi connectivity index (χ1n) is 6.58. The number of ether oxygens (including phenoxy) is 1. The van der Waals surface area contributed by atoms with Crippen molar-refractivity contribution in [2.45, 2.75) is 17.6 Å². The molecule has 0 bridgehead atoms. The maximum atomic E-state index is 12.4. The van der Waals surface area contributed by atoms with Crippen molar-refractivity contribution in [2.24, 2.45) is 0 Å². The van der Waals surface area contributed by atoms with Crippen LogP contribution in [0.2, 0.25) is 5.02 Å². The molecule has 116 valence electrons. The van der Waals surface area contributed by atoms with Gasteiger partial charge in [0.25, 0.3) is 0 Å². The number of methoxy groups -OCH3 is 1. The van der Waals surface area contributed by atoms with E-state index in [-0.39, 0.29) is 5.91 Å². The Balaban J connectivity index is 2.10. The van der Waals surface area contributed by atoms with E-state index in [0.29, 0.717) is 27.1 Å². The van der Waals surface area contributed by atoms with E-state index in [1.165, 1.54) is 6.92 Å². The number of hydrogen-bond acceptors (Lipinski definition) is 3. The van der Waals surface area contributed by atoms with Gasteiger partial charge in [-0.15, -0.1) is 0 Å². The molecule has 2 aromatic carbocycles. The molecule has 0 saturated heterocycles. The Kier molecular flexibility index (Phi) is 5.57. The summed E-state index contributed by atoms with van der Waals surface area (Å²) in [5.41, 5.74) is 1.47. The first-order valence-corrected chi connectivity index (χ1v) is 8.27. The van der Waals surface area contributed by atoms with Gasteiger partial charge >= 0.3 is 0 Å². The highest BCUT2D eigenvalue weighted by Gasteiger charge is 2.09. The van der Waals surface area contributed by atoms with Crippen molar-refractivity contribution >= 4 is 34.0 Å². The third kappa shape index (κ3) is 4.32. The highest BCUT2D eigenvalue weighted by atomic mass is 35.5. The Hall–Kier alpha value is -1.85. The molecule has 1 atom stereocenters. The lowest BCUT2D eigenvalue weighted by Gasteiger charge is -2.08. The average molecular weight is 338 g/mol. The van der Waals surface area contributed by atoms with E-state index in [9.17, 15) is 9.00 Å². The largest absolute Gasteiger partial charge is 0.497 e. The van der Waals surface area contributed by atoms with E-state index in [0.717, 1.165) is 5.56 Å². The lowest BCUT2D eigenvalue weighted by molar-refractivity contribution is -0.114. The smallest absolute Gasteiger partial charge is 0.221 e. The summed E-state index contributed by atoms with van der Waals surface area (Å²) in [7, 11) is 0.357. The minimum Gasteiger partial charge on any atom is -0.497 e. The lowest BCUT2D eigenvalue weighted by Crippen LogP contribution is -2.05. The van der Waals surface area contributed by atoms with Crippen LogP contribution >= 0.6 is 11.6 Å². The Morgan fingerprint density at radius 2 is 1.91 bits per heavy atom. The molecule has 1 N–H and O–H groups in total. The first kappa shape index (κ1) is 16.5. The zero-order valence-electron chi connectivity index (χ0n) is 12.3. The fourth-order valence-electron chi connectivity index (χ4n) is 1.89. The van der Waals surface area contributed by atoms with Gasteiger partial charge in [0.1, 0.15) is 5.75 Å². The second kappa shape index (κ2) is 7.42. The minimum absolute atomic E-state index is 0.140. The normalized spacial score (nSPS) is 11.8. The van der Waals surface area contributed by atoms with Crippen LogP contribution in [-0.2, 0) is 21.3 Å². The summed E-state index contributed by atoms with van der Waals surface area (Å²) in [4.78, 5) is 11.6. The molecule has 0 aromatic heterocycles. The molecule has 0 aliphatic heterocycles. The van der Waals surface area contributed by atoms with Gasteiger partial charge in [-0.1, -0.05) is 17.7 Å². The molecule has 0 aliphatic rings. The van der Waals surface area contributed by atoms with Gasteiger partial charge in [-0.3, -0.25) is 9.00 Å². The molecule has 1 amide bonds. The van der Waals surface area contributed by atoms with Crippen LogP contribution in [0, 0.1) is 0 Å². The maximum absolute atomic E-state index is 12.4. The SMILES string of the molecule is COc1ccc(C[S@](=O)c2ccc(NC(C)=O)cc2)c(Cl)c1. The second-order valence-electron chi connectivity index (χ2n) is 4.65. The molecule has 0 heterocycles. The molecule has 2 rings (SSSR count). The van der Waals surface area contributed by atoms with Gasteiger partial charge in [0, 0.05) is 22.5 Å². The number of anilines is 1. The van der Waals surface area contributed by atoms with E-state index in [2.05, 4.69) is 5.32 Å². The van der Waals surface area contributed by atoms with Gasteiger partial charge in [-0.05, 0) is 42.0 Å². The minimum atomic E-state index is -1.21. The molecular weight excluding hydrogens is 322 g/mol. The number of hydrogen-bond donors (Lipinski definition) is 1. The van der Waals surface area contributed by atoms with Crippen molar-refractivity contribution in [3.05, 3.63) is 53.1 Å². The van der Waals surface area contributed by atoms with Gasteiger partial charge < -0.3 is 10.1 Å². The number of rotatable bonds is 5. The number of halogens is 1. The summed E-state index contributed by atoms with van der Waals surface area (Å²) in [6.07, 6.45) is 0. The zero-order chi connectivity index (χ0) is 16.1. The second-order valence-corrected chi connectivity index (χ2v) is 6.51. The first-order chi connectivity index (χ1) is 10.5. The number of nitrogens with one attached hydrogen (secondary N) is 1. The van der Waals surface area contributed by atoms with E-state index < -0.39 is 10.8 Å². The average Bonchev–Trinajstić information content (AvgIpc) is 2.49. The summed E-state index contributed by atoms with van der Waals surface area (Å²) in [5, 5.41) is 3.20. The van der Waals surface area contributed by atoms with Crippen LogP contribution in [0.4, 0.5) is 5.69 Å². The molecule has 2 aromatic rings. The van der Waals surface area contributed by atoms with Gasteiger partial charge in [0.15, 0.2) is 0 Å². The zero-order valence-corrected chi connectivity index (χ0v) is 13.8. The number of benzene rings is 2.